The monoisotopic (exact) mass is 425 g/mol. The first kappa shape index (κ1) is 20.9. The molecule has 1 N–H and O–H groups in total. The summed E-state index contributed by atoms with van der Waals surface area (Å²) in [5, 5.41) is 5.90. The molecule has 0 radical (unpaired) electrons. The number of rotatable bonds is 6. The minimum Gasteiger partial charge on any atom is -0.350 e. The molecule has 3 rings (SSSR count). The summed E-state index contributed by atoms with van der Waals surface area (Å²) < 4.78 is 39.7. The molecule has 1 saturated heterocycles. The number of carbonyl (C=O) groups is 1. The number of nitrogens with zero attached hydrogens (tertiary/aromatic N) is 2. The Labute approximate surface area is 168 Å². The topological polar surface area (TPSA) is 79.4 Å². The number of piperidine rings is 1. The summed E-state index contributed by atoms with van der Waals surface area (Å²) in [7, 11) is -3.66. The van der Waals surface area contributed by atoms with Gasteiger partial charge >= 0.3 is 0 Å². The predicted octanol–water partition coefficient (Wildman–Crippen LogP) is 3.12. The van der Waals surface area contributed by atoms with Gasteiger partial charge in [0.05, 0.1) is 22.1 Å². The molecule has 0 unspecified atom stereocenters. The van der Waals surface area contributed by atoms with Gasteiger partial charge in [-0.2, -0.15) is 4.31 Å². The molecular weight excluding hydrogens is 401 g/mol. The van der Waals surface area contributed by atoms with E-state index in [4.69, 9.17) is 0 Å². The third-order valence-corrected chi connectivity index (χ3v) is 7.89. The number of benzene rings is 1. The highest BCUT2D eigenvalue weighted by Crippen LogP contribution is 2.24. The van der Waals surface area contributed by atoms with Crippen LogP contribution >= 0.6 is 11.3 Å². The highest BCUT2D eigenvalue weighted by Gasteiger charge is 2.32. The van der Waals surface area contributed by atoms with E-state index in [9.17, 15) is 17.6 Å². The molecule has 1 aliphatic rings. The molecule has 0 saturated carbocycles. The summed E-state index contributed by atoms with van der Waals surface area (Å²) >= 11 is 1.59. The minimum absolute atomic E-state index is 0.0706. The molecule has 2 heterocycles. The zero-order valence-corrected chi connectivity index (χ0v) is 17.5. The lowest BCUT2D eigenvalue weighted by atomic mass is 9.97. The highest BCUT2D eigenvalue weighted by atomic mass is 32.2. The van der Waals surface area contributed by atoms with Gasteiger partial charge in [-0.1, -0.05) is 13.8 Å². The second kappa shape index (κ2) is 8.67. The Bertz CT molecular complexity index is 918. The van der Waals surface area contributed by atoms with Gasteiger partial charge in [-0.05, 0) is 37.1 Å². The van der Waals surface area contributed by atoms with Crippen molar-refractivity contribution in [3.8, 4) is 0 Å². The Kier molecular flexibility index (Phi) is 6.47. The fraction of sp³-hybridized carbons (Fsp3) is 0.474. The summed E-state index contributed by atoms with van der Waals surface area (Å²) in [5.41, 5.74) is 0.846. The molecule has 1 aromatic carbocycles. The molecule has 0 bridgehead atoms. The number of hydrogen-bond donors (Lipinski definition) is 1. The highest BCUT2D eigenvalue weighted by molar-refractivity contribution is 7.89. The van der Waals surface area contributed by atoms with Crippen LogP contribution in [0.25, 0.3) is 0 Å². The van der Waals surface area contributed by atoms with Crippen LogP contribution in [0.1, 0.15) is 43.3 Å². The minimum atomic E-state index is -3.66. The van der Waals surface area contributed by atoms with E-state index in [1.54, 1.807) is 11.3 Å². The van der Waals surface area contributed by atoms with Crippen molar-refractivity contribution < 1.29 is 17.6 Å². The maximum Gasteiger partial charge on any atom is 0.243 e. The van der Waals surface area contributed by atoms with Crippen LogP contribution in [0.15, 0.2) is 34.5 Å². The summed E-state index contributed by atoms with van der Waals surface area (Å²) in [4.78, 5) is 17.0. The second-order valence-electron chi connectivity index (χ2n) is 7.18. The summed E-state index contributed by atoms with van der Waals surface area (Å²) in [6.07, 6.45) is 0.918. The van der Waals surface area contributed by atoms with Gasteiger partial charge in [0.1, 0.15) is 5.82 Å². The molecule has 0 aliphatic carbocycles. The fourth-order valence-corrected chi connectivity index (χ4v) is 5.41. The van der Waals surface area contributed by atoms with Crippen LogP contribution in [-0.4, -0.2) is 36.7 Å². The van der Waals surface area contributed by atoms with Crippen molar-refractivity contribution >= 4 is 27.3 Å². The Balaban J connectivity index is 1.52. The summed E-state index contributed by atoms with van der Waals surface area (Å²) in [5.74, 6) is -0.405. The van der Waals surface area contributed by atoms with Crippen LogP contribution in [0.5, 0.6) is 0 Å². The molecule has 1 aromatic heterocycles. The van der Waals surface area contributed by atoms with Crippen LogP contribution in [0.4, 0.5) is 4.39 Å². The first-order valence-corrected chi connectivity index (χ1v) is 11.6. The Morgan fingerprint density at radius 2 is 1.93 bits per heavy atom. The van der Waals surface area contributed by atoms with Gasteiger partial charge in [0.2, 0.25) is 15.9 Å². The van der Waals surface area contributed by atoms with Crippen molar-refractivity contribution in [2.75, 3.05) is 13.1 Å². The third-order valence-electron chi connectivity index (χ3n) is 4.78. The SMILES string of the molecule is CC(C)c1nc(CNC(=O)C2CCN(S(=O)(=O)c3ccc(F)cc3)CC2)cs1. The van der Waals surface area contributed by atoms with E-state index in [0.717, 1.165) is 22.8 Å². The lowest BCUT2D eigenvalue weighted by Crippen LogP contribution is -2.42. The Morgan fingerprint density at radius 3 is 2.50 bits per heavy atom. The lowest BCUT2D eigenvalue weighted by Gasteiger charge is -2.30. The first-order valence-electron chi connectivity index (χ1n) is 9.25. The van der Waals surface area contributed by atoms with Crippen molar-refractivity contribution in [3.63, 3.8) is 0 Å². The van der Waals surface area contributed by atoms with Crippen LogP contribution in [-0.2, 0) is 21.4 Å². The second-order valence-corrected chi connectivity index (χ2v) is 10.0. The first-order chi connectivity index (χ1) is 13.3. The summed E-state index contributed by atoms with van der Waals surface area (Å²) in [6.45, 7) is 5.08. The number of carbonyl (C=O) groups excluding carboxylic acids is 1. The van der Waals surface area contributed by atoms with E-state index >= 15 is 0 Å². The van der Waals surface area contributed by atoms with Gasteiger partial charge in [-0.3, -0.25) is 4.79 Å². The number of amides is 1. The largest absolute Gasteiger partial charge is 0.350 e. The number of sulfonamides is 1. The quantitative estimate of drug-likeness (QED) is 0.771. The number of nitrogens with one attached hydrogen (secondary N) is 1. The van der Waals surface area contributed by atoms with Crippen molar-refractivity contribution in [3.05, 3.63) is 46.2 Å². The fourth-order valence-electron chi connectivity index (χ4n) is 3.11. The van der Waals surface area contributed by atoms with Gasteiger partial charge < -0.3 is 5.32 Å². The predicted molar refractivity (Wildman–Crippen MR) is 106 cm³/mol. The molecule has 28 heavy (non-hydrogen) atoms. The van der Waals surface area contributed by atoms with E-state index in [1.165, 1.54) is 16.4 Å². The van der Waals surface area contributed by atoms with E-state index < -0.39 is 15.8 Å². The van der Waals surface area contributed by atoms with Crippen LogP contribution in [0.2, 0.25) is 0 Å². The smallest absolute Gasteiger partial charge is 0.243 e. The summed E-state index contributed by atoms with van der Waals surface area (Å²) in [6, 6.07) is 4.80. The van der Waals surface area contributed by atoms with Gasteiger partial charge in [-0.15, -0.1) is 11.3 Å². The van der Waals surface area contributed by atoms with Crippen molar-refractivity contribution in [2.24, 2.45) is 5.92 Å². The standard InChI is InChI=1S/C19H24FN3O3S2/c1-13(2)19-22-16(12-27-19)11-21-18(24)14-7-9-23(10-8-14)28(25,26)17-5-3-15(20)4-6-17/h3-6,12-14H,7-11H2,1-2H3,(H,21,24). The molecule has 1 amide bonds. The maximum atomic E-state index is 13.0. The zero-order valence-electron chi connectivity index (χ0n) is 15.9. The van der Waals surface area contributed by atoms with E-state index in [1.807, 2.05) is 5.38 Å². The molecule has 0 atom stereocenters. The van der Waals surface area contributed by atoms with E-state index in [2.05, 4.69) is 24.1 Å². The number of hydrogen-bond acceptors (Lipinski definition) is 5. The third kappa shape index (κ3) is 4.76. The van der Waals surface area contributed by atoms with E-state index in [-0.39, 0.29) is 29.8 Å². The molecular formula is C19H24FN3O3S2. The van der Waals surface area contributed by atoms with Crippen LogP contribution in [0, 0.1) is 11.7 Å². The molecule has 152 valence electrons. The van der Waals surface area contributed by atoms with Gasteiger partial charge in [0.15, 0.2) is 0 Å². The molecule has 1 aliphatic heterocycles. The maximum absolute atomic E-state index is 13.0. The molecule has 0 spiro atoms. The number of thiazole rings is 1. The van der Waals surface area contributed by atoms with Gasteiger partial charge in [0, 0.05) is 30.3 Å². The van der Waals surface area contributed by atoms with Crippen molar-refractivity contribution in [1.29, 1.82) is 0 Å². The average Bonchev–Trinajstić information content (AvgIpc) is 3.16. The molecule has 9 heteroatoms. The number of aromatic nitrogens is 1. The van der Waals surface area contributed by atoms with Crippen LogP contribution in [0.3, 0.4) is 0 Å². The van der Waals surface area contributed by atoms with Gasteiger partial charge in [0.25, 0.3) is 0 Å². The zero-order chi connectivity index (χ0) is 20.3. The number of halogens is 1. The average molecular weight is 426 g/mol. The Morgan fingerprint density at radius 1 is 1.29 bits per heavy atom. The molecule has 6 nitrogen and oxygen atoms in total. The van der Waals surface area contributed by atoms with E-state index in [0.29, 0.717) is 25.3 Å². The van der Waals surface area contributed by atoms with Crippen LogP contribution < -0.4 is 5.32 Å². The Hall–Kier alpha value is -1.84. The van der Waals surface area contributed by atoms with Gasteiger partial charge in [-0.25, -0.2) is 17.8 Å². The van der Waals surface area contributed by atoms with Crippen molar-refractivity contribution in [2.45, 2.75) is 44.0 Å². The normalized spacial score (nSPS) is 16.4. The molecule has 2 aromatic rings. The lowest BCUT2D eigenvalue weighted by molar-refractivity contribution is -0.126. The molecule has 1 fully saturated rings. The van der Waals surface area contributed by atoms with Crippen molar-refractivity contribution in [1.82, 2.24) is 14.6 Å².